The standard InChI is InChI=1S/C19H14FN3O2/c20-14-7-5-12(6-8-14)10-23-11-13(15-3-1-2-4-17(15)23)9-16-18(24)22-19(25)21-16/h1-9,11H,10H2,(H2,21,22,24,25)/b16-9-. The molecule has 124 valence electrons. The number of benzene rings is 2. The van der Waals surface area contributed by atoms with Gasteiger partial charge in [-0.3, -0.25) is 10.1 Å². The lowest BCUT2D eigenvalue weighted by atomic mass is 10.1. The highest BCUT2D eigenvalue weighted by Crippen LogP contribution is 2.24. The second-order valence-electron chi connectivity index (χ2n) is 5.82. The second kappa shape index (κ2) is 5.90. The Morgan fingerprint density at radius 1 is 1.00 bits per heavy atom. The van der Waals surface area contributed by atoms with Gasteiger partial charge in [0.15, 0.2) is 0 Å². The van der Waals surface area contributed by atoms with E-state index in [1.807, 2.05) is 35.0 Å². The molecular formula is C19H14FN3O2. The summed E-state index contributed by atoms with van der Waals surface area (Å²) < 4.78 is 15.1. The van der Waals surface area contributed by atoms with Crippen LogP contribution < -0.4 is 10.6 Å². The Kier molecular flexibility index (Phi) is 3.57. The zero-order valence-electron chi connectivity index (χ0n) is 13.1. The minimum absolute atomic E-state index is 0.217. The quantitative estimate of drug-likeness (QED) is 0.571. The van der Waals surface area contributed by atoms with E-state index >= 15 is 0 Å². The number of nitrogens with zero attached hydrogens (tertiary/aromatic N) is 1. The molecule has 0 radical (unpaired) electrons. The molecule has 5 nitrogen and oxygen atoms in total. The molecule has 2 aromatic carbocycles. The molecule has 1 aliphatic heterocycles. The number of hydrogen-bond acceptors (Lipinski definition) is 2. The zero-order valence-corrected chi connectivity index (χ0v) is 13.1. The maximum Gasteiger partial charge on any atom is 0.326 e. The van der Waals surface area contributed by atoms with Crippen LogP contribution in [0, 0.1) is 5.82 Å². The minimum atomic E-state index is -0.522. The van der Waals surface area contributed by atoms with Crippen LogP contribution >= 0.6 is 0 Å². The molecule has 2 heterocycles. The molecule has 0 spiro atoms. The summed E-state index contributed by atoms with van der Waals surface area (Å²) in [5, 5.41) is 5.64. The van der Waals surface area contributed by atoms with Crippen LogP contribution in [0.5, 0.6) is 0 Å². The van der Waals surface area contributed by atoms with Gasteiger partial charge in [0.2, 0.25) is 0 Å². The van der Waals surface area contributed by atoms with Crippen molar-refractivity contribution in [2.75, 3.05) is 0 Å². The van der Waals surface area contributed by atoms with E-state index in [9.17, 15) is 14.0 Å². The maximum atomic E-state index is 13.1. The molecule has 0 aliphatic carbocycles. The molecule has 0 bridgehead atoms. The Bertz CT molecular complexity index is 1020. The summed E-state index contributed by atoms with van der Waals surface area (Å²) in [5.74, 6) is -0.713. The molecule has 1 saturated heterocycles. The van der Waals surface area contributed by atoms with Crippen LogP contribution in [-0.2, 0) is 11.3 Å². The highest BCUT2D eigenvalue weighted by Gasteiger charge is 2.23. The van der Waals surface area contributed by atoms with Crippen LogP contribution in [0.3, 0.4) is 0 Å². The Hall–Kier alpha value is -3.41. The smallest absolute Gasteiger partial charge is 0.326 e. The molecule has 1 fully saturated rings. The number of halogens is 1. The summed E-state index contributed by atoms with van der Waals surface area (Å²) in [6, 6.07) is 13.6. The van der Waals surface area contributed by atoms with Gasteiger partial charge >= 0.3 is 6.03 Å². The molecule has 0 atom stereocenters. The number of carbonyl (C=O) groups is 2. The van der Waals surface area contributed by atoms with Gasteiger partial charge in [-0.1, -0.05) is 30.3 Å². The van der Waals surface area contributed by atoms with Crippen molar-refractivity contribution in [1.82, 2.24) is 15.2 Å². The van der Waals surface area contributed by atoms with Gasteiger partial charge in [0.05, 0.1) is 0 Å². The molecule has 4 rings (SSSR count). The summed E-state index contributed by atoms with van der Waals surface area (Å²) in [7, 11) is 0. The first kappa shape index (κ1) is 15.1. The number of hydrogen-bond donors (Lipinski definition) is 2. The molecule has 3 amide bonds. The van der Waals surface area contributed by atoms with E-state index in [4.69, 9.17) is 0 Å². The number of nitrogens with one attached hydrogen (secondary N) is 2. The van der Waals surface area contributed by atoms with Crippen molar-refractivity contribution in [1.29, 1.82) is 0 Å². The summed E-state index contributed by atoms with van der Waals surface area (Å²) in [4.78, 5) is 23.0. The van der Waals surface area contributed by atoms with E-state index < -0.39 is 11.9 Å². The van der Waals surface area contributed by atoms with Crippen LogP contribution in [0.4, 0.5) is 9.18 Å². The summed E-state index contributed by atoms with van der Waals surface area (Å²) in [6.07, 6.45) is 3.57. The maximum absolute atomic E-state index is 13.1. The SMILES string of the molecule is O=C1NC(=O)/C(=C/c2cn(Cc3ccc(F)cc3)c3ccccc23)N1. The second-order valence-corrected chi connectivity index (χ2v) is 5.82. The highest BCUT2D eigenvalue weighted by molar-refractivity contribution is 6.14. The first-order valence-electron chi connectivity index (χ1n) is 7.76. The van der Waals surface area contributed by atoms with Crippen molar-refractivity contribution in [2.45, 2.75) is 6.54 Å². The molecular weight excluding hydrogens is 321 g/mol. The lowest BCUT2D eigenvalue weighted by Crippen LogP contribution is -2.22. The Morgan fingerprint density at radius 3 is 2.48 bits per heavy atom. The third-order valence-corrected chi connectivity index (χ3v) is 4.11. The fourth-order valence-electron chi connectivity index (χ4n) is 2.95. The van der Waals surface area contributed by atoms with Gasteiger partial charge in [-0.25, -0.2) is 9.18 Å². The van der Waals surface area contributed by atoms with Gasteiger partial charge in [0, 0.05) is 29.2 Å². The van der Waals surface area contributed by atoms with Crippen LogP contribution in [-0.4, -0.2) is 16.5 Å². The molecule has 0 saturated carbocycles. The van der Waals surface area contributed by atoms with Gasteiger partial charge in [-0.15, -0.1) is 0 Å². The predicted molar refractivity (Wildman–Crippen MR) is 92.1 cm³/mol. The number of carbonyl (C=O) groups excluding carboxylic acids is 2. The van der Waals surface area contributed by atoms with Crippen molar-refractivity contribution < 1.29 is 14.0 Å². The number of urea groups is 1. The Labute approximate surface area is 142 Å². The average molecular weight is 335 g/mol. The van der Waals surface area contributed by atoms with Crippen molar-refractivity contribution in [3.8, 4) is 0 Å². The lowest BCUT2D eigenvalue weighted by Gasteiger charge is -2.05. The Morgan fingerprint density at radius 2 is 1.76 bits per heavy atom. The van der Waals surface area contributed by atoms with Gasteiger partial charge in [-0.05, 0) is 29.8 Å². The summed E-state index contributed by atoms with van der Waals surface area (Å²) in [6.45, 7) is 0.572. The first-order chi connectivity index (χ1) is 12.1. The number of amides is 3. The van der Waals surface area contributed by atoms with E-state index in [-0.39, 0.29) is 11.5 Å². The number of fused-ring (bicyclic) bond motifs is 1. The van der Waals surface area contributed by atoms with Crippen molar-refractivity contribution >= 4 is 28.9 Å². The number of aromatic nitrogens is 1. The predicted octanol–water partition coefficient (Wildman–Crippen LogP) is 3.01. The largest absolute Gasteiger partial charge is 0.342 e. The summed E-state index contributed by atoms with van der Waals surface area (Å²) in [5.41, 5.74) is 3.00. The van der Waals surface area contributed by atoms with Crippen LogP contribution in [0.2, 0.25) is 0 Å². The third-order valence-electron chi connectivity index (χ3n) is 4.11. The number of rotatable bonds is 3. The van der Waals surface area contributed by atoms with E-state index in [0.29, 0.717) is 6.54 Å². The van der Waals surface area contributed by atoms with Crippen molar-refractivity contribution in [3.63, 3.8) is 0 Å². The Balaban J connectivity index is 1.76. The van der Waals surface area contributed by atoms with Crippen LogP contribution in [0.1, 0.15) is 11.1 Å². The first-order valence-corrected chi connectivity index (χ1v) is 7.76. The zero-order chi connectivity index (χ0) is 17.4. The van der Waals surface area contributed by atoms with E-state index in [1.165, 1.54) is 12.1 Å². The summed E-state index contributed by atoms with van der Waals surface area (Å²) >= 11 is 0. The molecule has 1 aliphatic rings. The fourth-order valence-corrected chi connectivity index (χ4v) is 2.95. The van der Waals surface area contributed by atoms with E-state index in [1.54, 1.807) is 18.2 Å². The molecule has 3 aromatic rings. The normalized spacial score (nSPS) is 15.6. The average Bonchev–Trinajstić information content (AvgIpc) is 3.10. The van der Waals surface area contributed by atoms with Crippen molar-refractivity contribution in [3.05, 3.63) is 77.4 Å². The molecule has 25 heavy (non-hydrogen) atoms. The topological polar surface area (TPSA) is 63.1 Å². The molecule has 0 unspecified atom stereocenters. The minimum Gasteiger partial charge on any atom is -0.342 e. The third kappa shape index (κ3) is 2.89. The molecule has 1 aromatic heterocycles. The van der Waals surface area contributed by atoms with Gasteiger partial charge in [-0.2, -0.15) is 0 Å². The monoisotopic (exact) mass is 335 g/mol. The van der Waals surface area contributed by atoms with Crippen molar-refractivity contribution in [2.24, 2.45) is 0 Å². The fraction of sp³-hybridized carbons (Fsp3) is 0.0526. The molecule has 2 N–H and O–H groups in total. The molecule has 6 heteroatoms. The van der Waals surface area contributed by atoms with Gasteiger partial charge in [0.1, 0.15) is 11.5 Å². The van der Waals surface area contributed by atoms with Crippen LogP contribution in [0.25, 0.3) is 17.0 Å². The van der Waals surface area contributed by atoms with E-state index in [2.05, 4.69) is 10.6 Å². The van der Waals surface area contributed by atoms with E-state index in [0.717, 1.165) is 22.0 Å². The van der Waals surface area contributed by atoms with Gasteiger partial charge < -0.3 is 9.88 Å². The number of para-hydroxylation sites is 1. The van der Waals surface area contributed by atoms with Crippen LogP contribution in [0.15, 0.2) is 60.4 Å². The number of imide groups is 1. The lowest BCUT2D eigenvalue weighted by molar-refractivity contribution is -0.115. The van der Waals surface area contributed by atoms with Gasteiger partial charge in [0.25, 0.3) is 5.91 Å². The highest BCUT2D eigenvalue weighted by atomic mass is 19.1.